The number of hydrogen-bond donors (Lipinski definition) is 2. The molecule has 22 heavy (non-hydrogen) atoms. The van der Waals surface area contributed by atoms with Crippen molar-refractivity contribution in [1.82, 2.24) is 4.90 Å². The summed E-state index contributed by atoms with van der Waals surface area (Å²) in [7, 11) is 0. The molecule has 1 aromatic rings. The van der Waals surface area contributed by atoms with E-state index in [9.17, 15) is 9.90 Å². The molecule has 0 saturated carbocycles. The second-order valence-electron chi connectivity index (χ2n) is 6.35. The van der Waals surface area contributed by atoms with Crippen LogP contribution in [0.5, 0.6) is 5.75 Å². The third kappa shape index (κ3) is 3.71. The van der Waals surface area contributed by atoms with Gasteiger partial charge in [-0.2, -0.15) is 0 Å². The van der Waals surface area contributed by atoms with Crippen LogP contribution in [-0.2, 0) is 0 Å². The molecule has 2 N–H and O–H groups in total. The first-order valence-electron chi connectivity index (χ1n) is 7.86. The Hall–Kier alpha value is -1.75. The monoisotopic (exact) mass is 306 g/mol. The van der Waals surface area contributed by atoms with Gasteiger partial charge in [-0.1, -0.05) is 0 Å². The van der Waals surface area contributed by atoms with Gasteiger partial charge in [-0.3, -0.25) is 0 Å². The number of likely N-dealkylation sites (tertiary alicyclic amines) is 1. The molecule has 122 valence electrons. The molecular weight excluding hydrogens is 280 g/mol. The second-order valence-corrected chi connectivity index (χ2v) is 6.35. The standard InChI is InChI=1S/C17H26N2O3/c1-5-22-14-9-8-13(11-12(14)2)18-16(20)19-10-6-7-15(19)17(3,4)21/h8-9,11,15,21H,5-7,10H2,1-4H3,(H,18,20)/t15-/m0/s1. The minimum absolute atomic E-state index is 0.142. The molecule has 1 saturated heterocycles. The highest BCUT2D eigenvalue weighted by molar-refractivity contribution is 5.90. The zero-order chi connectivity index (χ0) is 16.3. The first-order valence-corrected chi connectivity index (χ1v) is 7.86. The molecule has 1 aliphatic rings. The van der Waals surface area contributed by atoms with Gasteiger partial charge in [0.2, 0.25) is 0 Å². The molecule has 1 atom stereocenters. The highest BCUT2D eigenvalue weighted by Crippen LogP contribution is 2.28. The van der Waals surface area contributed by atoms with Crippen molar-refractivity contribution in [3.63, 3.8) is 0 Å². The van der Waals surface area contributed by atoms with E-state index >= 15 is 0 Å². The van der Waals surface area contributed by atoms with Crippen molar-refractivity contribution in [3.05, 3.63) is 23.8 Å². The van der Waals surface area contributed by atoms with Crippen LogP contribution in [0.15, 0.2) is 18.2 Å². The van der Waals surface area contributed by atoms with Crippen molar-refractivity contribution in [2.75, 3.05) is 18.5 Å². The largest absolute Gasteiger partial charge is 0.494 e. The maximum Gasteiger partial charge on any atom is 0.322 e. The van der Waals surface area contributed by atoms with E-state index in [1.54, 1.807) is 18.7 Å². The summed E-state index contributed by atoms with van der Waals surface area (Å²) in [5.74, 6) is 0.830. The molecule has 5 heteroatoms. The van der Waals surface area contributed by atoms with Gasteiger partial charge in [-0.05, 0) is 64.3 Å². The molecule has 0 spiro atoms. The lowest BCUT2D eigenvalue weighted by Crippen LogP contribution is -2.49. The van der Waals surface area contributed by atoms with Crippen LogP contribution in [0.3, 0.4) is 0 Å². The molecule has 0 unspecified atom stereocenters. The number of hydrogen-bond acceptors (Lipinski definition) is 3. The normalized spacial score (nSPS) is 18.4. The molecule has 1 aliphatic heterocycles. The van der Waals surface area contributed by atoms with Crippen LogP contribution in [0.2, 0.25) is 0 Å². The van der Waals surface area contributed by atoms with E-state index in [0.29, 0.717) is 13.2 Å². The van der Waals surface area contributed by atoms with Crippen LogP contribution in [0.1, 0.15) is 39.2 Å². The van der Waals surface area contributed by atoms with Gasteiger partial charge in [0, 0.05) is 12.2 Å². The molecule has 0 radical (unpaired) electrons. The first-order chi connectivity index (χ1) is 10.3. The number of nitrogens with zero attached hydrogens (tertiary/aromatic N) is 1. The van der Waals surface area contributed by atoms with Gasteiger partial charge in [0.25, 0.3) is 0 Å². The van der Waals surface area contributed by atoms with Gasteiger partial charge in [-0.25, -0.2) is 4.79 Å². The number of benzene rings is 1. The number of carbonyl (C=O) groups excluding carboxylic acids is 1. The molecule has 1 fully saturated rings. The molecule has 2 amide bonds. The number of aryl methyl sites for hydroxylation is 1. The first kappa shape index (κ1) is 16.6. The van der Waals surface area contributed by atoms with Crippen LogP contribution < -0.4 is 10.1 Å². The Morgan fingerprint density at radius 1 is 1.50 bits per heavy atom. The smallest absolute Gasteiger partial charge is 0.322 e. The maximum atomic E-state index is 12.5. The van der Waals surface area contributed by atoms with Gasteiger partial charge in [0.15, 0.2) is 0 Å². The van der Waals surface area contributed by atoms with E-state index in [1.165, 1.54) is 0 Å². The molecule has 0 aliphatic carbocycles. The van der Waals surface area contributed by atoms with E-state index in [4.69, 9.17) is 4.74 Å². The van der Waals surface area contributed by atoms with Crippen molar-refractivity contribution in [1.29, 1.82) is 0 Å². The molecule has 0 aromatic heterocycles. The van der Waals surface area contributed by atoms with Crippen LogP contribution in [0.25, 0.3) is 0 Å². The number of anilines is 1. The lowest BCUT2D eigenvalue weighted by molar-refractivity contribution is 0.0117. The molecule has 1 heterocycles. The Bertz CT molecular complexity index is 537. The quantitative estimate of drug-likeness (QED) is 0.898. The van der Waals surface area contributed by atoms with Crippen molar-refractivity contribution < 1.29 is 14.6 Å². The minimum Gasteiger partial charge on any atom is -0.494 e. The second kappa shape index (κ2) is 6.57. The van der Waals surface area contributed by atoms with Crippen molar-refractivity contribution in [3.8, 4) is 5.75 Å². The van der Waals surface area contributed by atoms with E-state index in [-0.39, 0.29) is 12.1 Å². The van der Waals surface area contributed by atoms with Crippen LogP contribution in [-0.4, -0.2) is 40.8 Å². The summed E-state index contributed by atoms with van der Waals surface area (Å²) in [6.45, 7) is 8.70. The summed E-state index contributed by atoms with van der Waals surface area (Å²) in [5.41, 5.74) is 0.843. The topological polar surface area (TPSA) is 61.8 Å². The average Bonchev–Trinajstić information content (AvgIpc) is 2.91. The molecule has 0 bridgehead atoms. The summed E-state index contributed by atoms with van der Waals surface area (Å²) in [4.78, 5) is 14.2. The fourth-order valence-corrected chi connectivity index (χ4v) is 2.98. The summed E-state index contributed by atoms with van der Waals surface area (Å²) >= 11 is 0. The highest BCUT2D eigenvalue weighted by atomic mass is 16.5. The SMILES string of the molecule is CCOc1ccc(NC(=O)N2CCC[C@H]2C(C)(C)O)cc1C. The van der Waals surface area contributed by atoms with Crippen molar-refractivity contribution in [2.24, 2.45) is 0 Å². The Balaban J connectivity index is 2.07. The summed E-state index contributed by atoms with van der Waals surface area (Å²) in [5, 5.41) is 13.1. The zero-order valence-corrected chi connectivity index (χ0v) is 13.8. The van der Waals surface area contributed by atoms with Crippen LogP contribution in [0.4, 0.5) is 10.5 Å². The number of carbonyl (C=O) groups is 1. The molecule has 5 nitrogen and oxygen atoms in total. The van der Waals surface area contributed by atoms with Crippen LogP contribution >= 0.6 is 0 Å². The fourth-order valence-electron chi connectivity index (χ4n) is 2.98. The number of ether oxygens (including phenoxy) is 1. The minimum atomic E-state index is -0.886. The number of nitrogens with one attached hydrogen (secondary N) is 1. The third-order valence-corrected chi connectivity index (χ3v) is 4.06. The van der Waals surface area contributed by atoms with Gasteiger partial charge in [0.1, 0.15) is 5.75 Å². The van der Waals surface area contributed by atoms with Crippen molar-refractivity contribution in [2.45, 2.75) is 52.2 Å². The van der Waals surface area contributed by atoms with Crippen LogP contribution in [0, 0.1) is 6.92 Å². The Labute approximate surface area is 132 Å². The lowest BCUT2D eigenvalue weighted by Gasteiger charge is -2.33. The maximum absolute atomic E-state index is 12.5. The zero-order valence-electron chi connectivity index (χ0n) is 13.8. The number of rotatable bonds is 4. The predicted octanol–water partition coefficient (Wildman–Crippen LogP) is 3.16. The number of amides is 2. The van der Waals surface area contributed by atoms with E-state index in [1.807, 2.05) is 32.0 Å². The Morgan fingerprint density at radius 3 is 2.82 bits per heavy atom. The van der Waals surface area contributed by atoms with E-state index in [2.05, 4.69) is 5.32 Å². The molecular formula is C17H26N2O3. The van der Waals surface area contributed by atoms with Gasteiger partial charge >= 0.3 is 6.03 Å². The van der Waals surface area contributed by atoms with Gasteiger partial charge in [-0.15, -0.1) is 0 Å². The molecule has 2 rings (SSSR count). The summed E-state index contributed by atoms with van der Waals surface area (Å²) in [6, 6.07) is 5.30. The summed E-state index contributed by atoms with van der Waals surface area (Å²) in [6.07, 6.45) is 1.75. The van der Waals surface area contributed by atoms with E-state index in [0.717, 1.165) is 29.8 Å². The van der Waals surface area contributed by atoms with E-state index < -0.39 is 5.60 Å². The molecule has 1 aromatic carbocycles. The third-order valence-electron chi connectivity index (χ3n) is 4.06. The van der Waals surface area contributed by atoms with Gasteiger partial charge < -0.3 is 20.1 Å². The number of aliphatic hydroxyl groups is 1. The average molecular weight is 306 g/mol. The van der Waals surface area contributed by atoms with Gasteiger partial charge in [0.05, 0.1) is 18.2 Å². The summed E-state index contributed by atoms with van der Waals surface area (Å²) < 4.78 is 5.50. The highest BCUT2D eigenvalue weighted by Gasteiger charge is 2.38. The Morgan fingerprint density at radius 2 is 2.23 bits per heavy atom. The fraction of sp³-hybridized carbons (Fsp3) is 0.588. The Kier molecular flexibility index (Phi) is 4.96. The van der Waals surface area contributed by atoms with Crippen molar-refractivity contribution >= 4 is 11.7 Å². The lowest BCUT2D eigenvalue weighted by atomic mass is 9.97. The number of urea groups is 1. The predicted molar refractivity (Wildman–Crippen MR) is 87.4 cm³/mol.